The first kappa shape index (κ1) is 17.9. The van der Waals surface area contributed by atoms with Crippen LogP contribution in [0.15, 0.2) is 48.5 Å². The molecule has 142 valence electrons. The Morgan fingerprint density at radius 1 is 1.15 bits per heavy atom. The molecule has 4 heteroatoms. The summed E-state index contributed by atoms with van der Waals surface area (Å²) in [5.41, 5.74) is 4.78. The largest absolute Gasteiger partial charge is 0.496 e. The van der Waals surface area contributed by atoms with Crippen molar-refractivity contribution in [2.24, 2.45) is 5.41 Å². The van der Waals surface area contributed by atoms with Crippen molar-refractivity contribution >= 4 is 17.5 Å². The van der Waals surface area contributed by atoms with E-state index >= 15 is 0 Å². The molecule has 0 N–H and O–H groups in total. The Balaban J connectivity index is 1.56. The van der Waals surface area contributed by atoms with Gasteiger partial charge in [-0.2, -0.15) is 0 Å². The summed E-state index contributed by atoms with van der Waals surface area (Å²) in [4.78, 5) is 8.50. The van der Waals surface area contributed by atoms with Crippen molar-refractivity contribution in [3.05, 3.63) is 59.7 Å². The van der Waals surface area contributed by atoms with Gasteiger partial charge in [0.05, 0.1) is 18.8 Å². The predicted molar refractivity (Wildman–Crippen MR) is 111 cm³/mol. The van der Waals surface area contributed by atoms with E-state index in [9.17, 15) is 0 Å². The van der Waals surface area contributed by atoms with Gasteiger partial charge in [0.1, 0.15) is 11.9 Å². The van der Waals surface area contributed by atoms with Crippen LogP contribution in [0.1, 0.15) is 25.0 Å². The van der Waals surface area contributed by atoms with E-state index in [1.807, 2.05) is 12.1 Å². The van der Waals surface area contributed by atoms with E-state index in [2.05, 4.69) is 80.4 Å². The Hall–Kier alpha value is -2.46. The molecule has 0 saturated carbocycles. The predicted octanol–water partition coefficient (Wildman–Crippen LogP) is 4.55. The van der Waals surface area contributed by atoms with E-state index in [1.165, 1.54) is 16.8 Å². The van der Waals surface area contributed by atoms with E-state index in [0.717, 1.165) is 17.9 Å². The van der Waals surface area contributed by atoms with Gasteiger partial charge in [0.25, 0.3) is 0 Å². The number of rotatable bonds is 4. The first-order valence-corrected chi connectivity index (χ1v) is 9.49. The molecule has 2 aromatic rings. The summed E-state index contributed by atoms with van der Waals surface area (Å²) < 4.78 is 5.55. The Bertz CT molecular complexity index is 855. The minimum Gasteiger partial charge on any atom is -0.496 e. The van der Waals surface area contributed by atoms with Crippen LogP contribution in [0, 0.1) is 5.41 Å². The molecule has 2 aromatic carbocycles. The number of hydroxylamine groups is 1. The number of hydrogen-bond donors (Lipinski definition) is 0. The highest BCUT2D eigenvalue weighted by atomic mass is 16.7. The minimum absolute atomic E-state index is 0.00408. The highest BCUT2D eigenvalue weighted by Gasteiger charge is 2.52. The van der Waals surface area contributed by atoms with E-state index in [-0.39, 0.29) is 11.5 Å². The van der Waals surface area contributed by atoms with Crippen LogP contribution in [0.25, 0.3) is 6.08 Å². The van der Waals surface area contributed by atoms with Crippen molar-refractivity contribution in [2.75, 3.05) is 31.2 Å². The molecule has 2 atom stereocenters. The second-order valence-electron chi connectivity index (χ2n) is 8.20. The monoisotopic (exact) mass is 364 g/mol. The van der Waals surface area contributed by atoms with Gasteiger partial charge < -0.3 is 9.64 Å². The molecule has 27 heavy (non-hydrogen) atoms. The zero-order chi connectivity index (χ0) is 19.2. The Labute approximate surface area is 162 Å². The number of methoxy groups -OCH3 is 1. The van der Waals surface area contributed by atoms with Crippen LogP contribution >= 0.6 is 0 Å². The first-order valence-electron chi connectivity index (χ1n) is 9.49. The summed E-state index contributed by atoms with van der Waals surface area (Å²) in [7, 11) is 5.84. The molecule has 0 amide bonds. The number of nitrogens with zero attached hydrogens (tertiary/aromatic N) is 2. The molecule has 2 unspecified atom stereocenters. The van der Waals surface area contributed by atoms with Crippen LogP contribution in [-0.4, -0.2) is 33.4 Å². The second kappa shape index (κ2) is 6.61. The summed E-state index contributed by atoms with van der Waals surface area (Å²) in [6.45, 7) is 4.58. The highest BCUT2D eigenvalue weighted by Crippen LogP contribution is 2.50. The van der Waals surface area contributed by atoms with Crippen molar-refractivity contribution in [3.63, 3.8) is 0 Å². The van der Waals surface area contributed by atoms with Crippen molar-refractivity contribution in [2.45, 2.75) is 32.4 Å². The maximum Gasteiger partial charge on any atom is 0.124 e. The van der Waals surface area contributed by atoms with Crippen LogP contribution < -0.4 is 14.7 Å². The molecule has 2 aliphatic rings. The molecule has 0 spiro atoms. The van der Waals surface area contributed by atoms with Gasteiger partial charge in [-0.1, -0.05) is 44.2 Å². The molecule has 4 rings (SSSR count). The zero-order valence-electron chi connectivity index (χ0n) is 16.8. The smallest absolute Gasteiger partial charge is 0.124 e. The molecular formula is C23H28N2O2. The lowest BCUT2D eigenvalue weighted by atomic mass is 9.78. The van der Waals surface area contributed by atoms with Crippen molar-refractivity contribution in [1.29, 1.82) is 0 Å². The van der Waals surface area contributed by atoms with Gasteiger partial charge >= 0.3 is 0 Å². The fourth-order valence-corrected chi connectivity index (χ4v) is 4.11. The molecular weight excluding hydrogens is 336 g/mol. The topological polar surface area (TPSA) is 24.9 Å². The van der Waals surface area contributed by atoms with Gasteiger partial charge in [0, 0.05) is 37.2 Å². The summed E-state index contributed by atoms with van der Waals surface area (Å²) in [6, 6.07) is 15.1. The van der Waals surface area contributed by atoms with Gasteiger partial charge in [-0.25, -0.2) is 5.06 Å². The SMILES string of the molecule is COc1cccc2c1CC1N2OC(C=Cc2ccc(N(C)C)cc2)C1(C)C. The number of ether oxygens (including phenoxy) is 1. The van der Waals surface area contributed by atoms with E-state index in [1.54, 1.807) is 7.11 Å². The maximum absolute atomic E-state index is 6.39. The average molecular weight is 364 g/mol. The van der Waals surface area contributed by atoms with Crippen LogP contribution in [0.5, 0.6) is 5.75 Å². The maximum atomic E-state index is 6.39. The minimum atomic E-state index is 0.00408. The van der Waals surface area contributed by atoms with Gasteiger partial charge in [0.2, 0.25) is 0 Å². The van der Waals surface area contributed by atoms with Crippen LogP contribution in [0.3, 0.4) is 0 Å². The quantitative estimate of drug-likeness (QED) is 0.795. The molecule has 0 aromatic heterocycles. The van der Waals surface area contributed by atoms with E-state index in [4.69, 9.17) is 9.57 Å². The lowest BCUT2D eigenvalue weighted by Gasteiger charge is -2.26. The lowest BCUT2D eigenvalue weighted by Crippen LogP contribution is -2.36. The van der Waals surface area contributed by atoms with Crippen molar-refractivity contribution in [3.8, 4) is 5.75 Å². The highest BCUT2D eigenvalue weighted by molar-refractivity contribution is 5.64. The molecule has 1 fully saturated rings. The van der Waals surface area contributed by atoms with Gasteiger partial charge in [-0.15, -0.1) is 0 Å². The van der Waals surface area contributed by atoms with Gasteiger partial charge in [-0.05, 0) is 29.8 Å². The summed E-state index contributed by atoms with van der Waals surface area (Å²) >= 11 is 0. The van der Waals surface area contributed by atoms with E-state index < -0.39 is 0 Å². The van der Waals surface area contributed by atoms with Crippen LogP contribution in [0.2, 0.25) is 0 Å². The third-order valence-corrected chi connectivity index (χ3v) is 5.94. The summed E-state index contributed by atoms with van der Waals surface area (Å²) in [5.74, 6) is 0.953. The third-order valence-electron chi connectivity index (χ3n) is 5.94. The molecule has 4 nitrogen and oxygen atoms in total. The molecule has 0 radical (unpaired) electrons. The summed E-state index contributed by atoms with van der Waals surface area (Å²) in [6.07, 6.45) is 5.35. The van der Waals surface area contributed by atoms with Crippen molar-refractivity contribution in [1.82, 2.24) is 0 Å². The number of anilines is 2. The normalized spacial score (nSPS) is 22.8. The van der Waals surface area contributed by atoms with Gasteiger partial charge in [0.15, 0.2) is 0 Å². The van der Waals surface area contributed by atoms with Crippen molar-refractivity contribution < 1.29 is 9.57 Å². The Kier molecular flexibility index (Phi) is 4.39. The molecule has 0 bridgehead atoms. The second-order valence-corrected chi connectivity index (χ2v) is 8.20. The fraction of sp³-hybridized carbons (Fsp3) is 0.391. The number of benzene rings is 2. The molecule has 2 heterocycles. The van der Waals surface area contributed by atoms with Gasteiger partial charge in [-0.3, -0.25) is 4.84 Å². The zero-order valence-corrected chi connectivity index (χ0v) is 16.8. The number of hydrogen-bond acceptors (Lipinski definition) is 4. The van der Waals surface area contributed by atoms with Crippen LogP contribution in [0.4, 0.5) is 11.4 Å². The fourth-order valence-electron chi connectivity index (χ4n) is 4.11. The average Bonchev–Trinajstić information content (AvgIpc) is 3.15. The third kappa shape index (κ3) is 2.98. The molecule has 1 saturated heterocycles. The molecule has 0 aliphatic carbocycles. The van der Waals surface area contributed by atoms with E-state index in [0.29, 0.717) is 6.04 Å². The standard InChI is InChI=1S/C23H28N2O2/c1-23(2)21-15-18-19(7-6-8-20(18)26-5)25(21)27-22(23)14-11-16-9-12-17(13-10-16)24(3)4/h6-14,21-22H,15H2,1-5H3. The summed E-state index contributed by atoms with van der Waals surface area (Å²) in [5, 5.41) is 2.10. The molecule has 2 aliphatic heterocycles. The first-order chi connectivity index (χ1) is 12.9. The number of fused-ring (bicyclic) bond motifs is 3. The lowest BCUT2D eigenvalue weighted by molar-refractivity contribution is 0.0849. The Morgan fingerprint density at radius 2 is 1.89 bits per heavy atom. The Morgan fingerprint density at radius 3 is 2.56 bits per heavy atom. The van der Waals surface area contributed by atoms with Crippen LogP contribution in [-0.2, 0) is 11.3 Å².